The minimum Gasteiger partial charge on any atom is -0.313 e. The highest BCUT2D eigenvalue weighted by Crippen LogP contribution is 2.37. The molecule has 1 heterocycles. The molecule has 1 aliphatic rings. The normalized spacial score (nSPS) is 26.1. The third-order valence-corrected chi connectivity index (χ3v) is 6.06. The Morgan fingerprint density at radius 1 is 1.33 bits per heavy atom. The average molecular weight is 267 g/mol. The lowest BCUT2D eigenvalue weighted by Gasteiger charge is -2.30. The van der Waals surface area contributed by atoms with Crippen LogP contribution in [0.25, 0.3) is 0 Å². The Morgan fingerprint density at radius 3 is 2.56 bits per heavy atom. The van der Waals surface area contributed by atoms with Crippen LogP contribution in [0.2, 0.25) is 0 Å². The second-order valence-electron chi connectivity index (χ2n) is 5.38. The van der Waals surface area contributed by atoms with Gasteiger partial charge in [-0.15, -0.1) is 0 Å². The molecule has 100 valence electrons. The SMILES string of the molecule is CNC1CC(C)S(=O)(=O)c2ccc(C(C)C)cc21. The van der Waals surface area contributed by atoms with Crippen LogP contribution < -0.4 is 5.32 Å². The van der Waals surface area contributed by atoms with Gasteiger partial charge in [0.05, 0.1) is 10.1 Å². The van der Waals surface area contributed by atoms with Crippen LogP contribution in [0.1, 0.15) is 50.3 Å². The summed E-state index contributed by atoms with van der Waals surface area (Å²) in [6.45, 7) is 6.03. The first kappa shape index (κ1) is 13.6. The molecule has 0 saturated carbocycles. The van der Waals surface area contributed by atoms with E-state index in [9.17, 15) is 8.42 Å². The number of hydrogen-bond acceptors (Lipinski definition) is 3. The van der Waals surface area contributed by atoms with Crippen molar-refractivity contribution in [3.8, 4) is 0 Å². The first-order valence-corrected chi connectivity index (χ1v) is 7.97. The number of fused-ring (bicyclic) bond motifs is 1. The summed E-state index contributed by atoms with van der Waals surface area (Å²) in [4.78, 5) is 0.505. The van der Waals surface area contributed by atoms with E-state index < -0.39 is 9.84 Å². The smallest absolute Gasteiger partial charge is 0.181 e. The maximum absolute atomic E-state index is 12.3. The third-order valence-electron chi connectivity index (χ3n) is 3.83. The predicted octanol–water partition coefficient (Wildman–Crippen LogP) is 2.64. The number of benzene rings is 1. The summed E-state index contributed by atoms with van der Waals surface area (Å²) in [5.74, 6) is 0.412. The highest BCUT2D eigenvalue weighted by Gasteiger charge is 2.35. The molecule has 0 aliphatic carbocycles. The molecule has 1 N–H and O–H groups in total. The van der Waals surface area contributed by atoms with E-state index in [4.69, 9.17) is 0 Å². The van der Waals surface area contributed by atoms with Crippen molar-refractivity contribution in [1.82, 2.24) is 5.32 Å². The predicted molar refractivity (Wildman–Crippen MR) is 73.6 cm³/mol. The number of rotatable bonds is 2. The molecule has 0 aromatic heterocycles. The molecule has 2 atom stereocenters. The summed E-state index contributed by atoms with van der Waals surface area (Å²) in [5, 5.41) is 2.92. The Morgan fingerprint density at radius 2 is 2.00 bits per heavy atom. The van der Waals surface area contributed by atoms with Crippen LogP contribution in [-0.2, 0) is 9.84 Å². The summed E-state index contributed by atoms with van der Waals surface area (Å²) >= 11 is 0. The Bertz CT molecular complexity index is 549. The minimum absolute atomic E-state index is 0.136. The van der Waals surface area contributed by atoms with E-state index in [0.29, 0.717) is 17.2 Å². The maximum Gasteiger partial charge on any atom is 0.181 e. The Labute approximate surface area is 110 Å². The topological polar surface area (TPSA) is 46.2 Å². The zero-order valence-electron chi connectivity index (χ0n) is 11.4. The fourth-order valence-corrected chi connectivity index (χ4v) is 4.20. The molecule has 1 aromatic rings. The zero-order chi connectivity index (χ0) is 13.5. The Kier molecular flexibility index (Phi) is 3.52. The van der Waals surface area contributed by atoms with Crippen molar-refractivity contribution in [2.75, 3.05) is 7.05 Å². The van der Waals surface area contributed by atoms with Crippen molar-refractivity contribution in [2.45, 2.75) is 49.3 Å². The van der Waals surface area contributed by atoms with Gasteiger partial charge in [-0.2, -0.15) is 0 Å². The molecule has 1 aromatic carbocycles. The van der Waals surface area contributed by atoms with Gasteiger partial charge >= 0.3 is 0 Å². The largest absolute Gasteiger partial charge is 0.313 e. The van der Waals surface area contributed by atoms with E-state index in [1.165, 1.54) is 5.56 Å². The van der Waals surface area contributed by atoms with Crippen molar-refractivity contribution >= 4 is 9.84 Å². The van der Waals surface area contributed by atoms with Crippen LogP contribution in [0.3, 0.4) is 0 Å². The van der Waals surface area contributed by atoms with Crippen molar-refractivity contribution in [3.63, 3.8) is 0 Å². The van der Waals surface area contributed by atoms with Crippen LogP contribution in [-0.4, -0.2) is 20.7 Å². The Hall–Kier alpha value is -0.870. The molecule has 0 amide bonds. The molecule has 2 unspecified atom stereocenters. The first-order valence-electron chi connectivity index (χ1n) is 6.43. The van der Waals surface area contributed by atoms with E-state index >= 15 is 0 Å². The molecule has 3 nitrogen and oxygen atoms in total. The summed E-state index contributed by atoms with van der Waals surface area (Å²) in [5.41, 5.74) is 2.13. The molecule has 18 heavy (non-hydrogen) atoms. The van der Waals surface area contributed by atoms with Gasteiger partial charge in [-0.05, 0) is 43.5 Å². The van der Waals surface area contributed by atoms with Gasteiger partial charge in [0.2, 0.25) is 0 Å². The van der Waals surface area contributed by atoms with Gasteiger partial charge in [0.15, 0.2) is 9.84 Å². The second-order valence-corrected chi connectivity index (χ2v) is 7.72. The number of hydrogen-bond donors (Lipinski definition) is 1. The quantitative estimate of drug-likeness (QED) is 0.896. The van der Waals surface area contributed by atoms with Crippen LogP contribution in [0.4, 0.5) is 0 Å². The number of sulfone groups is 1. The molecule has 0 radical (unpaired) electrons. The summed E-state index contributed by atoms with van der Waals surface area (Å²) < 4.78 is 24.6. The molecule has 0 spiro atoms. The van der Waals surface area contributed by atoms with Gasteiger partial charge in [0.1, 0.15) is 0 Å². The maximum atomic E-state index is 12.3. The van der Waals surface area contributed by atoms with Gasteiger partial charge < -0.3 is 5.32 Å². The summed E-state index contributed by atoms with van der Waals surface area (Å²) in [7, 11) is -1.26. The van der Waals surface area contributed by atoms with Crippen molar-refractivity contribution in [1.29, 1.82) is 0 Å². The summed E-state index contributed by atoms with van der Waals surface area (Å²) in [6.07, 6.45) is 0.646. The lowest BCUT2D eigenvalue weighted by molar-refractivity contribution is 0.493. The van der Waals surface area contributed by atoms with Crippen LogP contribution >= 0.6 is 0 Å². The van der Waals surface area contributed by atoms with E-state index in [0.717, 1.165) is 5.56 Å². The molecule has 0 fully saturated rings. The standard InChI is InChI=1S/C14H21NO2S/c1-9(2)11-5-6-14-12(8-11)13(15-4)7-10(3)18(14,16)17/h5-6,8-10,13,15H,7H2,1-4H3. The van der Waals surface area contributed by atoms with Gasteiger partial charge in [-0.25, -0.2) is 8.42 Å². The molecule has 2 rings (SSSR count). The van der Waals surface area contributed by atoms with Gasteiger partial charge in [0.25, 0.3) is 0 Å². The fraction of sp³-hybridized carbons (Fsp3) is 0.571. The van der Waals surface area contributed by atoms with Gasteiger partial charge in [-0.1, -0.05) is 26.0 Å². The van der Waals surface area contributed by atoms with Gasteiger partial charge in [0, 0.05) is 6.04 Å². The Balaban J connectivity index is 2.63. The molecule has 0 saturated heterocycles. The van der Waals surface area contributed by atoms with Crippen molar-refractivity contribution in [2.24, 2.45) is 0 Å². The van der Waals surface area contributed by atoms with Crippen LogP contribution in [0, 0.1) is 0 Å². The fourth-order valence-electron chi connectivity index (χ4n) is 2.53. The zero-order valence-corrected chi connectivity index (χ0v) is 12.2. The number of nitrogens with one attached hydrogen (secondary N) is 1. The lowest BCUT2D eigenvalue weighted by atomic mass is 9.95. The molecule has 0 bridgehead atoms. The highest BCUT2D eigenvalue weighted by atomic mass is 32.2. The minimum atomic E-state index is -3.15. The van der Waals surface area contributed by atoms with E-state index in [2.05, 4.69) is 19.2 Å². The monoisotopic (exact) mass is 267 g/mol. The molecular weight excluding hydrogens is 246 g/mol. The van der Waals surface area contributed by atoms with E-state index in [1.807, 2.05) is 19.2 Å². The van der Waals surface area contributed by atoms with E-state index in [1.54, 1.807) is 13.0 Å². The highest BCUT2D eigenvalue weighted by molar-refractivity contribution is 7.92. The third kappa shape index (κ3) is 2.08. The van der Waals surface area contributed by atoms with Gasteiger partial charge in [-0.3, -0.25) is 0 Å². The molecular formula is C14H21NO2S. The lowest BCUT2D eigenvalue weighted by Crippen LogP contribution is -2.33. The molecule has 1 aliphatic heterocycles. The van der Waals surface area contributed by atoms with Crippen molar-refractivity contribution < 1.29 is 8.42 Å². The second kappa shape index (κ2) is 4.67. The molecule has 4 heteroatoms. The van der Waals surface area contributed by atoms with E-state index in [-0.39, 0.29) is 11.3 Å². The first-order chi connectivity index (χ1) is 8.37. The van der Waals surface area contributed by atoms with Crippen LogP contribution in [0.15, 0.2) is 23.1 Å². The summed E-state index contributed by atoms with van der Waals surface area (Å²) in [6, 6.07) is 5.90. The van der Waals surface area contributed by atoms with Crippen molar-refractivity contribution in [3.05, 3.63) is 29.3 Å². The average Bonchev–Trinajstić information content (AvgIpc) is 2.33. The van der Waals surface area contributed by atoms with Crippen LogP contribution in [0.5, 0.6) is 0 Å².